The van der Waals surface area contributed by atoms with Gasteiger partial charge in [-0.2, -0.15) is 10.5 Å². The smallest absolute Gasteiger partial charge is 0.257 e. The van der Waals surface area contributed by atoms with Crippen LogP contribution in [-0.2, 0) is 4.79 Å². The Hall–Kier alpha value is -2.97. The third-order valence-electron chi connectivity index (χ3n) is 7.51. The quantitative estimate of drug-likeness (QED) is 0.707. The summed E-state index contributed by atoms with van der Waals surface area (Å²) in [5.41, 5.74) is 0.865. The summed E-state index contributed by atoms with van der Waals surface area (Å²) in [4.78, 5) is 18.9. The van der Waals surface area contributed by atoms with Gasteiger partial charge in [0.2, 0.25) is 0 Å². The fraction of sp³-hybridized carbons (Fsp3) is 0.440. The second-order valence-corrected chi connectivity index (χ2v) is 10.2. The predicted molar refractivity (Wildman–Crippen MR) is 122 cm³/mol. The van der Waals surface area contributed by atoms with Crippen molar-refractivity contribution >= 4 is 23.2 Å². The molecule has 0 spiro atoms. The summed E-state index contributed by atoms with van der Waals surface area (Å²) in [5, 5.41) is 31.7. The number of aromatic nitrogens is 1. The highest BCUT2D eigenvalue weighted by Crippen LogP contribution is 2.68. The first-order valence-electron chi connectivity index (χ1n) is 11.1. The number of nitrogens with zero attached hydrogens (tertiary/aromatic N) is 4. The molecule has 1 aromatic heterocycles. The number of nitriles is 2. The summed E-state index contributed by atoms with van der Waals surface area (Å²) < 4.78 is 0. The van der Waals surface area contributed by atoms with Gasteiger partial charge in [-0.1, -0.05) is 23.7 Å². The summed E-state index contributed by atoms with van der Waals surface area (Å²) in [6.45, 7) is 3.53. The van der Waals surface area contributed by atoms with E-state index in [0.29, 0.717) is 34.9 Å². The molecule has 3 aliphatic rings. The van der Waals surface area contributed by atoms with Crippen LogP contribution in [-0.4, -0.2) is 46.1 Å². The van der Waals surface area contributed by atoms with Crippen molar-refractivity contribution in [1.29, 1.82) is 10.5 Å². The van der Waals surface area contributed by atoms with Crippen LogP contribution in [0.25, 0.3) is 0 Å². The van der Waals surface area contributed by atoms with Gasteiger partial charge in [0.15, 0.2) is 11.3 Å². The minimum Gasteiger partial charge on any atom is -0.379 e. The fourth-order valence-corrected chi connectivity index (χ4v) is 6.31. The Bertz CT molecular complexity index is 1180. The van der Waals surface area contributed by atoms with Crippen LogP contribution in [0.15, 0.2) is 36.5 Å². The van der Waals surface area contributed by atoms with E-state index in [0.717, 1.165) is 25.4 Å². The Morgan fingerprint density at radius 1 is 1.27 bits per heavy atom. The molecule has 2 heterocycles. The number of carbonyl (C=O) groups is 1. The molecule has 2 aliphatic carbocycles. The van der Waals surface area contributed by atoms with E-state index in [2.05, 4.69) is 33.4 Å². The average Bonchev–Trinajstić information content (AvgIpc) is 3.37. The number of benzene rings is 1. The number of anilines is 1. The molecule has 1 aliphatic heterocycles. The number of nitrogens with one attached hydrogen (secondary N) is 1. The largest absolute Gasteiger partial charge is 0.379 e. The van der Waals surface area contributed by atoms with Gasteiger partial charge in [-0.3, -0.25) is 9.69 Å². The number of pyridine rings is 1. The first-order chi connectivity index (χ1) is 15.8. The van der Waals surface area contributed by atoms with Crippen LogP contribution in [0.4, 0.5) is 5.69 Å². The first-order valence-corrected chi connectivity index (χ1v) is 11.5. The van der Waals surface area contributed by atoms with Crippen LogP contribution in [0.5, 0.6) is 0 Å². The highest BCUT2D eigenvalue weighted by Gasteiger charge is 2.65. The van der Waals surface area contributed by atoms with Crippen molar-refractivity contribution in [3.05, 3.63) is 58.4 Å². The Morgan fingerprint density at radius 3 is 2.67 bits per heavy atom. The summed E-state index contributed by atoms with van der Waals surface area (Å²) in [7, 11) is 0. The molecule has 1 aromatic carbocycles. The molecule has 0 radical (unpaired) electrons. The maximum Gasteiger partial charge on any atom is 0.257 e. The molecule has 6 unspecified atom stereocenters. The zero-order valence-corrected chi connectivity index (χ0v) is 19.0. The molecular weight excluding hydrogens is 438 g/mol. The van der Waals surface area contributed by atoms with E-state index < -0.39 is 11.5 Å². The van der Waals surface area contributed by atoms with Crippen molar-refractivity contribution in [2.45, 2.75) is 24.9 Å². The maximum absolute atomic E-state index is 12.8. The molecule has 33 heavy (non-hydrogen) atoms. The molecule has 0 bridgehead atoms. The number of rotatable bonds is 5. The molecule has 2 saturated carbocycles. The number of aliphatic hydroxyl groups is 1. The van der Waals surface area contributed by atoms with Gasteiger partial charge in [-0.15, -0.1) is 0 Å². The number of carbonyl (C=O) groups excluding carboxylic acids is 1. The average molecular weight is 462 g/mol. The van der Waals surface area contributed by atoms with Gasteiger partial charge in [-0.05, 0) is 66.7 Å². The lowest BCUT2D eigenvalue weighted by atomic mass is 9.85. The van der Waals surface area contributed by atoms with Crippen molar-refractivity contribution in [1.82, 2.24) is 9.88 Å². The zero-order valence-electron chi connectivity index (χ0n) is 18.2. The zero-order chi connectivity index (χ0) is 23.3. The van der Waals surface area contributed by atoms with Crippen LogP contribution in [0, 0.1) is 46.3 Å². The van der Waals surface area contributed by atoms with Gasteiger partial charge in [0.05, 0.1) is 28.5 Å². The van der Waals surface area contributed by atoms with Crippen LogP contribution in [0.3, 0.4) is 0 Å². The monoisotopic (exact) mass is 461 g/mol. The number of likely N-dealkylation sites (tertiary alicyclic amines) is 1. The normalized spacial score (nSPS) is 29.3. The van der Waals surface area contributed by atoms with E-state index in [-0.39, 0.29) is 17.3 Å². The van der Waals surface area contributed by atoms with E-state index >= 15 is 0 Å². The second kappa shape index (κ2) is 8.11. The molecule has 5 rings (SSSR count). The van der Waals surface area contributed by atoms with Crippen LogP contribution in [0.1, 0.15) is 36.1 Å². The highest BCUT2D eigenvalue weighted by atomic mass is 35.5. The SMILES string of the molecule is CC(O)(CN1CC2CC(c3ccc(C#N)cc3)C3C(C1)C23)C(=O)Nc1cnc(C#N)c(Cl)c1. The van der Waals surface area contributed by atoms with Gasteiger partial charge >= 0.3 is 0 Å². The standard InChI is InChI=1S/C25H24ClN5O2/c1-25(33,24(32)30-17-7-20(26)21(9-28)29-10-17)13-31-11-16-6-18(23-19(12-31)22(16)23)15-4-2-14(8-27)3-5-15/h2-5,7,10,16,18-19,22-23,33H,6,11-13H2,1H3,(H,30,32). The summed E-state index contributed by atoms with van der Waals surface area (Å²) >= 11 is 5.99. The Morgan fingerprint density at radius 2 is 2.03 bits per heavy atom. The number of β-amino-alcohol motifs (C(OH)–C–C–N with tert-alkyl or cyclic N) is 1. The van der Waals surface area contributed by atoms with Crippen molar-refractivity contribution in [2.24, 2.45) is 23.7 Å². The molecule has 2 aromatic rings. The number of amides is 1. The lowest BCUT2D eigenvalue weighted by Crippen LogP contribution is -2.52. The summed E-state index contributed by atoms with van der Waals surface area (Å²) in [6, 6.07) is 13.5. The van der Waals surface area contributed by atoms with Crippen LogP contribution in [0.2, 0.25) is 5.02 Å². The second-order valence-electron chi connectivity index (χ2n) is 9.74. The Kier molecular flexibility index (Phi) is 5.37. The van der Waals surface area contributed by atoms with E-state index in [1.807, 2.05) is 18.2 Å². The molecule has 1 saturated heterocycles. The van der Waals surface area contributed by atoms with Gasteiger partial charge < -0.3 is 10.4 Å². The van der Waals surface area contributed by atoms with E-state index in [4.69, 9.17) is 22.1 Å². The van der Waals surface area contributed by atoms with Crippen molar-refractivity contribution in [2.75, 3.05) is 25.0 Å². The third-order valence-corrected chi connectivity index (χ3v) is 7.80. The molecule has 2 N–H and O–H groups in total. The van der Waals surface area contributed by atoms with E-state index in [9.17, 15) is 9.90 Å². The third kappa shape index (κ3) is 3.98. The molecule has 168 valence electrons. The maximum atomic E-state index is 12.8. The Balaban J connectivity index is 1.20. The van der Waals surface area contributed by atoms with E-state index in [1.165, 1.54) is 24.8 Å². The van der Waals surface area contributed by atoms with Crippen molar-refractivity contribution in [3.8, 4) is 12.1 Å². The highest BCUT2D eigenvalue weighted by molar-refractivity contribution is 6.31. The number of fused-ring (bicyclic) bond motifs is 1. The molecule has 3 fully saturated rings. The number of hydrogen-bond donors (Lipinski definition) is 2. The number of hydrogen-bond acceptors (Lipinski definition) is 6. The lowest BCUT2D eigenvalue weighted by molar-refractivity contribution is -0.134. The molecule has 8 heteroatoms. The van der Waals surface area contributed by atoms with Gasteiger partial charge in [0.1, 0.15) is 6.07 Å². The molecule has 1 amide bonds. The number of piperidine rings is 1. The summed E-state index contributed by atoms with van der Waals surface area (Å²) in [6.07, 6.45) is 2.47. The van der Waals surface area contributed by atoms with Gasteiger partial charge in [0.25, 0.3) is 5.91 Å². The summed E-state index contributed by atoms with van der Waals surface area (Å²) in [5.74, 6) is 2.56. The van der Waals surface area contributed by atoms with Crippen molar-refractivity contribution < 1.29 is 9.90 Å². The van der Waals surface area contributed by atoms with E-state index in [1.54, 1.807) is 0 Å². The minimum atomic E-state index is -1.58. The number of halogens is 1. The lowest BCUT2D eigenvalue weighted by Gasteiger charge is -2.37. The van der Waals surface area contributed by atoms with Gasteiger partial charge in [-0.25, -0.2) is 4.98 Å². The van der Waals surface area contributed by atoms with Crippen molar-refractivity contribution in [3.63, 3.8) is 0 Å². The Labute approximate surface area is 197 Å². The molecule has 7 nitrogen and oxygen atoms in total. The van der Waals surface area contributed by atoms with Crippen LogP contribution >= 0.6 is 11.6 Å². The van der Waals surface area contributed by atoms with Crippen LogP contribution < -0.4 is 5.32 Å². The minimum absolute atomic E-state index is 0.0862. The predicted octanol–water partition coefficient (Wildman–Crippen LogP) is 3.15. The van der Waals surface area contributed by atoms with Gasteiger partial charge in [0, 0.05) is 19.6 Å². The fourth-order valence-electron chi connectivity index (χ4n) is 6.10. The topological polar surface area (TPSA) is 113 Å². The molecule has 6 atom stereocenters. The first kappa shape index (κ1) is 21.9. The molecular formula is C25H24ClN5O2.